The zero-order chi connectivity index (χ0) is 10.6. The molecule has 0 spiro atoms. The summed E-state index contributed by atoms with van der Waals surface area (Å²) >= 11 is 5.85. The fraction of sp³-hybridized carbons (Fsp3) is 0.300. The van der Waals surface area contributed by atoms with Gasteiger partial charge in [-0.15, -0.1) is 11.6 Å². The van der Waals surface area contributed by atoms with Crippen LogP contribution in [0.3, 0.4) is 0 Å². The maximum Gasteiger partial charge on any atom is 0.328 e. The maximum atomic E-state index is 11.1. The van der Waals surface area contributed by atoms with Crippen molar-refractivity contribution in [2.45, 2.75) is 11.9 Å². The fourth-order valence-corrected chi connectivity index (χ4v) is 1.30. The number of carbonyl (C=O) groups excluding carboxylic acids is 1. The predicted octanol–water partition coefficient (Wildman–Crippen LogP) is 1.60. The number of ether oxygens (including phenoxy) is 1. The number of hydrogen-bond acceptors (Lipinski definition) is 3. The van der Waals surface area contributed by atoms with Gasteiger partial charge in [0, 0.05) is 6.54 Å². The molecule has 1 aromatic rings. The van der Waals surface area contributed by atoms with E-state index >= 15 is 0 Å². The van der Waals surface area contributed by atoms with Crippen molar-refractivity contribution in [1.29, 1.82) is 0 Å². The third kappa shape index (κ3) is 2.47. The Labute approximate surface area is 87.8 Å². The molecule has 0 fully saturated rings. The molecular weight excluding hydrogens is 202 g/mol. The number of methoxy groups -OCH3 is 1. The van der Waals surface area contributed by atoms with E-state index < -0.39 is 11.3 Å². The van der Waals surface area contributed by atoms with E-state index in [2.05, 4.69) is 4.74 Å². The van der Waals surface area contributed by atoms with E-state index in [-0.39, 0.29) is 0 Å². The van der Waals surface area contributed by atoms with Gasteiger partial charge in [-0.3, -0.25) is 4.79 Å². The Morgan fingerprint density at radius 3 is 2.50 bits per heavy atom. The second-order valence-electron chi connectivity index (χ2n) is 2.83. The lowest BCUT2D eigenvalue weighted by Gasteiger charge is -2.07. The normalized spacial score (nSPS) is 12.2. The lowest BCUT2D eigenvalue weighted by atomic mass is 10.1. The highest BCUT2D eigenvalue weighted by Gasteiger charge is 2.17. The zero-order valence-corrected chi connectivity index (χ0v) is 8.62. The molecule has 76 valence electrons. The molecule has 14 heavy (non-hydrogen) atoms. The van der Waals surface area contributed by atoms with Gasteiger partial charge in [0.15, 0.2) is 5.38 Å². The number of esters is 1. The van der Waals surface area contributed by atoms with Crippen molar-refractivity contribution < 1.29 is 9.53 Å². The van der Waals surface area contributed by atoms with E-state index in [1.807, 2.05) is 12.1 Å². The Bertz CT molecular complexity index is 310. The van der Waals surface area contributed by atoms with Crippen LogP contribution in [-0.2, 0) is 16.1 Å². The molecular formula is C10H12ClNO2. The molecule has 0 aliphatic heterocycles. The van der Waals surface area contributed by atoms with Crippen molar-refractivity contribution in [2.24, 2.45) is 5.73 Å². The van der Waals surface area contributed by atoms with Crippen molar-refractivity contribution in [1.82, 2.24) is 0 Å². The van der Waals surface area contributed by atoms with Gasteiger partial charge in [0.25, 0.3) is 0 Å². The van der Waals surface area contributed by atoms with Gasteiger partial charge in [-0.05, 0) is 11.1 Å². The molecule has 2 N–H and O–H groups in total. The molecule has 4 heteroatoms. The Morgan fingerprint density at radius 1 is 1.50 bits per heavy atom. The van der Waals surface area contributed by atoms with Crippen LogP contribution in [0.2, 0.25) is 0 Å². The Hall–Kier alpha value is -1.06. The van der Waals surface area contributed by atoms with E-state index in [1.165, 1.54) is 7.11 Å². The molecule has 1 rings (SSSR count). The Balaban J connectivity index is 2.81. The van der Waals surface area contributed by atoms with Gasteiger partial charge in [0.2, 0.25) is 0 Å². The zero-order valence-electron chi connectivity index (χ0n) is 7.87. The highest BCUT2D eigenvalue weighted by molar-refractivity contribution is 6.29. The van der Waals surface area contributed by atoms with Crippen LogP contribution < -0.4 is 5.73 Å². The molecule has 0 saturated heterocycles. The number of rotatable bonds is 3. The fourth-order valence-electron chi connectivity index (χ4n) is 1.06. The van der Waals surface area contributed by atoms with Crippen LogP contribution in [0.5, 0.6) is 0 Å². The summed E-state index contributed by atoms with van der Waals surface area (Å²) in [7, 11) is 1.31. The molecule has 0 aliphatic carbocycles. The van der Waals surface area contributed by atoms with E-state index in [4.69, 9.17) is 17.3 Å². The number of alkyl halides is 1. The average molecular weight is 214 g/mol. The number of benzene rings is 1. The summed E-state index contributed by atoms with van der Waals surface area (Å²) < 4.78 is 4.53. The molecule has 3 nitrogen and oxygen atoms in total. The lowest BCUT2D eigenvalue weighted by molar-refractivity contribution is -0.140. The minimum Gasteiger partial charge on any atom is -0.468 e. The first-order chi connectivity index (χ1) is 6.69. The topological polar surface area (TPSA) is 52.3 Å². The second kappa shape index (κ2) is 4.98. The number of hydrogen-bond donors (Lipinski definition) is 1. The molecule has 0 heterocycles. The van der Waals surface area contributed by atoms with Crippen LogP contribution >= 0.6 is 11.6 Å². The van der Waals surface area contributed by atoms with Crippen LogP contribution in [0.4, 0.5) is 0 Å². The lowest BCUT2D eigenvalue weighted by Crippen LogP contribution is -2.08. The summed E-state index contributed by atoms with van der Waals surface area (Å²) in [5.41, 5.74) is 7.16. The monoisotopic (exact) mass is 213 g/mol. The van der Waals surface area contributed by atoms with Crippen molar-refractivity contribution in [3.8, 4) is 0 Å². The van der Waals surface area contributed by atoms with Gasteiger partial charge < -0.3 is 10.5 Å². The molecule has 0 aliphatic rings. The first kappa shape index (κ1) is 11.0. The third-order valence-electron chi connectivity index (χ3n) is 1.92. The first-order valence-electron chi connectivity index (χ1n) is 4.20. The molecule has 1 aromatic carbocycles. The predicted molar refractivity (Wildman–Crippen MR) is 54.9 cm³/mol. The Morgan fingerprint density at radius 2 is 2.07 bits per heavy atom. The first-order valence-corrected chi connectivity index (χ1v) is 4.63. The number of carbonyl (C=O) groups is 1. The molecule has 0 bridgehead atoms. The molecule has 0 aromatic heterocycles. The summed E-state index contributed by atoms with van der Waals surface area (Å²) in [4.78, 5) is 11.1. The van der Waals surface area contributed by atoms with Crippen molar-refractivity contribution >= 4 is 17.6 Å². The minimum atomic E-state index is -0.744. The Kier molecular flexibility index (Phi) is 3.92. The van der Waals surface area contributed by atoms with E-state index in [0.29, 0.717) is 6.54 Å². The van der Waals surface area contributed by atoms with Crippen LogP contribution in [0.15, 0.2) is 24.3 Å². The highest BCUT2D eigenvalue weighted by atomic mass is 35.5. The average Bonchev–Trinajstić information content (AvgIpc) is 2.27. The smallest absolute Gasteiger partial charge is 0.328 e. The van der Waals surface area contributed by atoms with Gasteiger partial charge in [-0.2, -0.15) is 0 Å². The molecule has 1 unspecified atom stereocenters. The van der Waals surface area contributed by atoms with Gasteiger partial charge in [0.1, 0.15) is 0 Å². The highest BCUT2D eigenvalue weighted by Crippen LogP contribution is 2.21. The SMILES string of the molecule is COC(=O)C(Cl)c1ccc(CN)cc1. The van der Waals surface area contributed by atoms with E-state index in [9.17, 15) is 4.79 Å². The summed E-state index contributed by atoms with van der Waals surface area (Å²) in [6, 6.07) is 7.23. The summed E-state index contributed by atoms with van der Waals surface area (Å²) in [5, 5.41) is -0.744. The van der Waals surface area contributed by atoms with Crippen molar-refractivity contribution in [3.63, 3.8) is 0 Å². The molecule has 0 saturated carbocycles. The van der Waals surface area contributed by atoms with Crippen LogP contribution in [-0.4, -0.2) is 13.1 Å². The quantitative estimate of drug-likeness (QED) is 0.613. The molecule has 0 radical (unpaired) electrons. The number of nitrogens with two attached hydrogens (primary N) is 1. The third-order valence-corrected chi connectivity index (χ3v) is 2.35. The molecule has 1 atom stereocenters. The van der Waals surface area contributed by atoms with Crippen LogP contribution in [0.1, 0.15) is 16.5 Å². The largest absolute Gasteiger partial charge is 0.468 e. The van der Waals surface area contributed by atoms with Crippen molar-refractivity contribution in [2.75, 3.05) is 7.11 Å². The standard InChI is InChI=1S/C10H12ClNO2/c1-14-10(13)9(11)8-4-2-7(6-12)3-5-8/h2-5,9H,6,12H2,1H3. The molecule has 0 amide bonds. The van der Waals surface area contributed by atoms with Crippen LogP contribution in [0, 0.1) is 0 Å². The van der Waals surface area contributed by atoms with Gasteiger partial charge in [-0.1, -0.05) is 24.3 Å². The number of halogens is 1. The van der Waals surface area contributed by atoms with Gasteiger partial charge in [-0.25, -0.2) is 0 Å². The van der Waals surface area contributed by atoms with E-state index in [0.717, 1.165) is 11.1 Å². The summed E-state index contributed by atoms with van der Waals surface area (Å²) in [6.07, 6.45) is 0. The van der Waals surface area contributed by atoms with E-state index in [1.54, 1.807) is 12.1 Å². The van der Waals surface area contributed by atoms with Gasteiger partial charge >= 0.3 is 5.97 Å². The second-order valence-corrected chi connectivity index (χ2v) is 3.27. The summed E-state index contributed by atoms with van der Waals surface area (Å²) in [5.74, 6) is -0.452. The van der Waals surface area contributed by atoms with Gasteiger partial charge in [0.05, 0.1) is 7.11 Å². The summed E-state index contributed by atoms with van der Waals surface area (Å²) in [6.45, 7) is 0.478. The van der Waals surface area contributed by atoms with Crippen LogP contribution in [0.25, 0.3) is 0 Å². The maximum absolute atomic E-state index is 11.1. The van der Waals surface area contributed by atoms with Crippen molar-refractivity contribution in [3.05, 3.63) is 35.4 Å². The minimum absolute atomic E-state index is 0.452.